The Morgan fingerprint density at radius 1 is 1.33 bits per heavy atom. The third-order valence-corrected chi connectivity index (χ3v) is 1.54. The van der Waals surface area contributed by atoms with Gasteiger partial charge in [0.15, 0.2) is 0 Å². The van der Waals surface area contributed by atoms with E-state index < -0.39 is 0 Å². The van der Waals surface area contributed by atoms with Crippen LogP contribution >= 0.6 is 0 Å². The van der Waals surface area contributed by atoms with Crippen LogP contribution in [0.25, 0.3) is 0 Å². The minimum atomic E-state index is 1.10. The summed E-state index contributed by atoms with van der Waals surface area (Å²) in [7, 11) is 1.91. The van der Waals surface area contributed by atoms with E-state index in [4.69, 9.17) is 0 Å². The van der Waals surface area contributed by atoms with Gasteiger partial charge in [0, 0.05) is 26.0 Å². The van der Waals surface area contributed by atoms with Gasteiger partial charge in [0.25, 0.3) is 0 Å². The van der Waals surface area contributed by atoms with Crippen molar-refractivity contribution >= 4 is 0 Å². The first-order chi connectivity index (χ1) is 5.85. The molecule has 0 aromatic carbocycles. The van der Waals surface area contributed by atoms with Gasteiger partial charge in [-0.15, -0.1) is 0 Å². The average Bonchev–Trinajstić information content (AvgIpc) is 2.10. The van der Waals surface area contributed by atoms with Gasteiger partial charge in [-0.1, -0.05) is 19.4 Å². The van der Waals surface area contributed by atoms with E-state index in [0.717, 1.165) is 6.54 Å². The number of unbranched alkanes of at least 4 members (excludes halogenated alkanes) is 1. The lowest BCUT2D eigenvalue weighted by Gasteiger charge is -2.14. The fourth-order valence-electron chi connectivity index (χ4n) is 0.901. The quantitative estimate of drug-likeness (QED) is 0.654. The third-order valence-electron chi connectivity index (χ3n) is 1.54. The van der Waals surface area contributed by atoms with Crippen LogP contribution in [0.4, 0.5) is 0 Å². The normalized spacial score (nSPS) is 11.2. The van der Waals surface area contributed by atoms with Crippen LogP contribution in [0.5, 0.6) is 0 Å². The summed E-state index contributed by atoms with van der Waals surface area (Å²) in [6, 6.07) is 0. The molecule has 0 spiro atoms. The number of nitrogens with one attached hydrogen (secondary N) is 1. The van der Waals surface area contributed by atoms with Crippen molar-refractivity contribution in [3.8, 4) is 0 Å². The van der Waals surface area contributed by atoms with Gasteiger partial charge in [0.1, 0.15) is 0 Å². The van der Waals surface area contributed by atoms with Crippen molar-refractivity contribution < 1.29 is 0 Å². The van der Waals surface area contributed by atoms with Crippen LogP contribution in [0.3, 0.4) is 0 Å². The topological polar surface area (TPSA) is 15.3 Å². The van der Waals surface area contributed by atoms with Crippen molar-refractivity contribution in [2.45, 2.75) is 26.7 Å². The SMILES string of the molecule is C/C=C\N(/C=C\NC)CCCC. The van der Waals surface area contributed by atoms with E-state index >= 15 is 0 Å². The second-order valence-corrected chi connectivity index (χ2v) is 2.68. The summed E-state index contributed by atoms with van der Waals surface area (Å²) in [6.45, 7) is 5.33. The van der Waals surface area contributed by atoms with E-state index in [2.05, 4.69) is 35.6 Å². The van der Waals surface area contributed by atoms with Gasteiger partial charge in [-0.3, -0.25) is 0 Å². The Morgan fingerprint density at radius 3 is 2.58 bits per heavy atom. The van der Waals surface area contributed by atoms with Gasteiger partial charge >= 0.3 is 0 Å². The zero-order valence-corrected chi connectivity index (χ0v) is 8.38. The molecule has 0 bridgehead atoms. The van der Waals surface area contributed by atoms with Gasteiger partial charge in [-0.25, -0.2) is 0 Å². The van der Waals surface area contributed by atoms with Crippen LogP contribution in [-0.4, -0.2) is 18.5 Å². The van der Waals surface area contributed by atoms with Crippen molar-refractivity contribution in [2.24, 2.45) is 0 Å². The monoisotopic (exact) mass is 168 g/mol. The molecule has 0 atom stereocenters. The molecule has 0 amide bonds. The largest absolute Gasteiger partial charge is 0.393 e. The lowest BCUT2D eigenvalue weighted by atomic mass is 10.3. The van der Waals surface area contributed by atoms with Crippen LogP contribution in [0, 0.1) is 0 Å². The molecule has 0 heterocycles. The Hall–Kier alpha value is -0.920. The zero-order valence-electron chi connectivity index (χ0n) is 8.38. The summed E-state index contributed by atoms with van der Waals surface area (Å²) >= 11 is 0. The highest BCUT2D eigenvalue weighted by molar-refractivity contribution is 4.88. The maximum atomic E-state index is 2.98. The number of hydrogen-bond donors (Lipinski definition) is 1. The molecule has 0 aliphatic heterocycles. The molecule has 0 aromatic rings. The molecule has 2 nitrogen and oxygen atoms in total. The summed E-state index contributed by atoms with van der Waals surface area (Å²) in [6.07, 6.45) is 10.6. The molecule has 1 N–H and O–H groups in total. The number of nitrogens with zero attached hydrogens (tertiary/aromatic N) is 1. The molecular weight excluding hydrogens is 148 g/mol. The molecule has 0 fully saturated rings. The zero-order chi connectivity index (χ0) is 9.23. The third kappa shape index (κ3) is 5.83. The maximum Gasteiger partial charge on any atom is 0.0219 e. The second kappa shape index (κ2) is 8.18. The fraction of sp³-hybridized carbons (Fsp3) is 0.600. The van der Waals surface area contributed by atoms with E-state index in [1.165, 1.54) is 12.8 Å². The summed E-state index contributed by atoms with van der Waals surface area (Å²) in [5, 5.41) is 2.98. The molecule has 0 radical (unpaired) electrons. The fourth-order valence-corrected chi connectivity index (χ4v) is 0.901. The smallest absolute Gasteiger partial charge is 0.0219 e. The predicted molar refractivity (Wildman–Crippen MR) is 54.6 cm³/mol. The first-order valence-corrected chi connectivity index (χ1v) is 4.57. The molecule has 0 saturated carbocycles. The van der Waals surface area contributed by atoms with E-state index in [-0.39, 0.29) is 0 Å². The van der Waals surface area contributed by atoms with Crippen molar-refractivity contribution in [2.75, 3.05) is 13.6 Å². The molecule has 0 saturated heterocycles. The van der Waals surface area contributed by atoms with Crippen molar-refractivity contribution in [3.05, 3.63) is 24.7 Å². The van der Waals surface area contributed by atoms with Crippen LogP contribution < -0.4 is 5.32 Å². The predicted octanol–water partition coefficient (Wildman–Crippen LogP) is 2.31. The Bertz CT molecular complexity index is 139. The summed E-state index contributed by atoms with van der Waals surface area (Å²) in [5.41, 5.74) is 0. The van der Waals surface area contributed by atoms with E-state index in [0.29, 0.717) is 0 Å². The first-order valence-electron chi connectivity index (χ1n) is 4.57. The molecule has 0 rings (SSSR count). The Morgan fingerprint density at radius 2 is 2.08 bits per heavy atom. The van der Waals surface area contributed by atoms with E-state index in [1.54, 1.807) is 0 Å². The van der Waals surface area contributed by atoms with Crippen molar-refractivity contribution in [3.63, 3.8) is 0 Å². The highest BCUT2D eigenvalue weighted by atomic mass is 15.1. The van der Waals surface area contributed by atoms with Gasteiger partial charge in [-0.05, 0) is 19.5 Å². The second-order valence-electron chi connectivity index (χ2n) is 2.68. The highest BCUT2D eigenvalue weighted by Crippen LogP contribution is 1.96. The molecule has 0 aromatic heterocycles. The Kier molecular flexibility index (Phi) is 7.55. The molecule has 0 aliphatic rings. The maximum absolute atomic E-state index is 2.98. The summed E-state index contributed by atoms with van der Waals surface area (Å²) < 4.78 is 0. The molecule has 70 valence electrons. The molecular formula is C10H20N2. The van der Waals surface area contributed by atoms with Crippen LogP contribution in [0.1, 0.15) is 26.7 Å². The molecule has 12 heavy (non-hydrogen) atoms. The van der Waals surface area contributed by atoms with Gasteiger partial charge < -0.3 is 10.2 Å². The number of allylic oxidation sites excluding steroid dienone is 1. The minimum Gasteiger partial charge on any atom is -0.393 e. The lowest BCUT2D eigenvalue weighted by molar-refractivity contribution is 0.482. The van der Waals surface area contributed by atoms with Crippen LogP contribution in [-0.2, 0) is 0 Å². The average molecular weight is 168 g/mol. The van der Waals surface area contributed by atoms with Gasteiger partial charge in [0.2, 0.25) is 0 Å². The molecule has 0 unspecified atom stereocenters. The first kappa shape index (κ1) is 11.1. The number of rotatable bonds is 6. The van der Waals surface area contributed by atoms with Crippen LogP contribution in [0.15, 0.2) is 24.7 Å². The van der Waals surface area contributed by atoms with Gasteiger partial charge in [-0.2, -0.15) is 0 Å². The van der Waals surface area contributed by atoms with E-state index in [1.807, 2.05) is 20.2 Å². The van der Waals surface area contributed by atoms with E-state index in [9.17, 15) is 0 Å². The van der Waals surface area contributed by atoms with Crippen molar-refractivity contribution in [1.82, 2.24) is 10.2 Å². The minimum absolute atomic E-state index is 1.10. The highest BCUT2D eigenvalue weighted by Gasteiger charge is 1.90. The Balaban J connectivity index is 3.77. The lowest BCUT2D eigenvalue weighted by Crippen LogP contribution is -2.12. The Labute approximate surface area is 76.0 Å². The molecule has 0 aliphatic carbocycles. The number of hydrogen-bond acceptors (Lipinski definition) is 2. The summed E-state index contributed by atoms with van der Waals surface area (Å²) in [4.78, 5) is 2.18. The van der Waals surface area contributed by atoms with Crippen LogP contribution in [0.2, 0.25) is 0 Å². The van der Waals surface area contributed by atoms with Gasteiger partial charge in [0.05, 0.1) is 0 Å². The molecule has 2 heteroatoms. The standard InChI is InChI=1S/C10H20N2/c1-4-6-9-12(8-5-2)10-7-11-3/h5,7-8,10-11H,4,6,9H2,1-3H3/b8-5-,10-7-. The van der Waals surface area contributed by atoms with Crippen molar-refractivity contribution in [1.29, 1.82) is 0 Å². The summed E-state index contributed by atoms with van der Waals surface area (Å²) in [5.74, 6) is 0.